The molecule has 3 heterocycles. The molecule has 0 saturated carbocycles. The van der Waals surface area contributed by atoms with E-state index in [1.165, 1.54) is 0 Å². The van der Waals surface area contributed by atoms with Crippen molar-refractivity contribution in [2.75, 3.05) is 5.32 Å². The van der Waals surface area contributed by atoms with Crippen LogP contribution in [0.25, 0.3) is 5.65 Å². The molecule has 0 aliphatic carbocycles. The Balaban J connectivity index is 1.40. The monoisotopic (exact) mass is 434 g/mol. The fourth-order valence-corrected chi connectivity index (χ4v) is 3.63. The lowest BCUT2D eigenvalue weighted by Crippen LogP contribution is -2.32. The summed E-state index contributed by atoms with van der Waals surface area (Å²) in [5.74, 6) is -1.97. The van der Waals surface area contributed by atoms with Gasteiger partial charge >= 0.3 is 5.97 Å². The topological polar surface area (TPSA) is 110 Å². The number of hydrogen-bond donors (Lipinski definition) is 1. The summed E-state index contributed by atoms with van der Waals surface area (Å²) in [6.07, 6.45) is 2.23. The summed E-state index contributed by atoms with van der Waals surface area (Å²) in [4.78, 5) is 57.3. The average molecular weight is 434 g/mol. The second-order valence-corrected chi connectivity index (χ2v) is 7.66. The highest BCUT2D eigenvalue weighted by atomic mass is 16.7. The van der Waals surface area contributed by atoms with Gasteiger partial charge in [-0.2, -0.15) is 0 Å². The Morgan fingerprint density at radius 2 is 1.84 bits per heavy atom. The van der Waals surface area contributed by atoms with Crippen molar-refractivity contribution in [3.05, 3.63) is 65.1 Å². The zero-order valence-electron chi connectivity index (χ0n) is 17.8. The molecular formula is C23H22N4O5. The number of fused-ring (bicyclic) bond motifs is 1. The predicted molar refractivity (Wildman–Crippen MR) is 115 cm³/mol. The fraction of sp³-hybridized carbons (Fsp3) is 0.261. The molecule has 2 aromatic heterocycles. The maximum Gasteiger partial charge on any atom is 0.333 e. The van der Waals surface area contributed by atoms with E-state index in [0.29, 0.717) is 28.4 Å². The standard InChI is InChI=1S/C23H22N4O5/c1-14-12-15(2)26-11-10-18(22(26)24-14)23(31)25-17-5-3-4-16(13-17)6-9-21(30)32-27-19(28)7-8-20(27)29/h3-5,10-13H,6-9H2,1-2H3,(H,25,31). The smallest absolute Gasteiger partial charge is 0.330 e. The van der Waals surface area contributed by atoms with Crippen LogP contribution in [-0.2, 0) is 25.6 Å². The molecule has 1 N–H and O–H groups in total. The summed E-state index contributed by atoms with van der Waals surface area (Å²) in [6, 6.07) is 10.8. The van der Waals surface area contributed by atoms with E-state index in [9.17, 15) is 19.2 Å². The first-order valence-electron chi connectivity index (χ1n) is 10.2. The molecule has 1 fully saturated rings. The first-order valence-corrected chi connectivity index (χ1v) is 10.2. The van der Waals surface area contributed by atoms with Crippen molar-refractivity contribution >= 4 is 35.0 Å². The lowest BCUT2D eigenvalue weighted by atomic mass is 10.1. The molecule has 0 bridgehead atoms. The van der Waals surface area contributed by atoms with Crippen LogP contribution in [0, 0.1) is 13.8 Å². The lowest BCUT2D eigenvalue weighted by Gasteiger charge is -2.12. The number of amides is 3. The van der Waals surface area contributed by atoms with E-state index in [-0.39, 0.29) is 25.2 Å². The predicted octanol–water partition coefficient (Wildman–Crippen LogP) is 2.74. The molecule has 164 valence electrons. The molecule has 9 heteroatoms. The van der Waals surface area contributed by atoms with E-state index < -0.39 is 17.8 Å². The van der Waals surface area contributed by atoms with Crippen molar-refractivity contribution in [1.29, 1.82) is 0 Å². The molecule has 3 aromatic rings. The average Bonchev–Trinajstić information content (AvgIpc) is 3.31. The normalized spacial score (nSPS) is 13.6. The van der Waals surface area contributed by atoms with Crippen LogP contribution in [0.5, 0.6) is 0 Å². The first kappa shape index (κ1) is 21.2. The Morgan fingerprint density at radius 3 is 2.59 bits per heavy atom. The molecule has 4 rings (SSSR count). The number of imide groups is 1. The van der Waals surface area contributed by atoms with Gasteiger partial charge in [0.15, 0.2) is 0 Å². The molecule has 1 saturated heterocycles. The van der Waals surface area contributed by atoms with Gasteiger partial charge < -0.3 is 14.6 Å². The van der Waals surface area contributed by atoms with E-state index in [2.05, 4.69) is 10.3 Å². The van der Waals surface area contributed by atoms with Crippen molar-refractivity contribution in [3.8, 4) is 0 Å². The van der Waals surface area contributed by atoms with Gasteiger partial charge in [0.25, 0.3) is 17.7 Å². The number of hydrogen-bond acceptors (Lipinski definition) is 6. The number of nitrogens with one attached hydrogen (secondary N) is 1. The SMILES string of the molecule is Cc1cc(C)n2ccc(C(=O)Nc3cccc(CCC(=O)ON4C(=O)CCC4=O)c3)c2n1. The Kier molecular flexibility index (Phi) is 5.72. The van der Waals surface area contributed by atoms with Gasteiger partial charge in [-0.1, -0.05) is 12.1 Å². The molecule has 1 aliphatic rings. The Labute approximate surface area is 183 Å². The van der Waals surface area contributed by atoms with Crippen molar-refractivity contribution in [2.24, 2.45) is 0 Å². The molecule has 0 unspecified atom stereocenters. The number of aryl methyl sites for hydroxylation is 3. The third kappa shape index (κ3) is 4.36. The minimum atomic E-state index is -0.667. The molecule has 1 aliphatic heterocycles. The van der Waals surface area contributed by atoms with Crippen LogP contribution in [0.3, 0.4) is 0 Å². The van der Waals surface area contributed by atoms with Crippen LogP contribution in [-0.4, -0.2) is 38.1 Å². The molecule has 32 heavy (non-hydrogen) atoms. The van der Waals surface area contributed by atoms with Crippen molar-refractivity contribution in [3.63, 3.8) is 0 Å². The number of hydroxylamine groups is 2. The summed E-state index contributed by atoms with van der Waals surface area (Å²) in [7, 11) is 0. The Bertz CT molecular complexity index is 1230. The summed E-state index contributed by atoms with van der Waals surface area (Å²) < 4.78 is 1.86. The third-order valence-corrected chi connectivity index (χ3v) is 5.19. The van der Waals surface area contributed by atoms with Gasteiger partial charge in [-0.25, -0.2) is 9.78 Å². The van der Waals surface area contributed by atoms with Crippen molar-refractivity contribution in [2.45, 2.75) is 39.5 Å². The first-order chi connectivity index (χ1) is 15.3. The van der Waals surface area contributed by atoms with E-state index in [4.69, 9.17) is 4.84 Å². The highest BCUT2D eigenvalue weighted by molar-refractivity contribution is 6.08. The number of benzene rings is 1. The molecule has 0 spiro atoms. The number of nitrogens with zero attached hydrogens (tertiary/aromatic N) is 3. The summed E-state index contributed by atoms with van der Waals surface area (Å²) in [5, 5.41) is 3.41. The molecular weight excluding hydrogens is 412 g/mol. The van der Waals surface area contributed by atoms with Gasteiger partial charge in [0.1, 0.15) is 5.65 Å². The van der Waals surface area contributed by atoms with Gasteiger partial charge in [0.05, 0.1) is 12.0 Å². The van der Waals surface area contributed by atoms with E-state index in [1.807, 2.05) is 36.6 Å². The van der Waals surface area contributed by atoms with Gasteiger partial charge in [-0.15, -0.1) is 5.06 Å². The van der Waals surface area contributed by atoms with Crippen molar-refractivity contribution < 1.29 is 24.0 Å². The van der Waals surface area contributed by atoms with Crippen LogP contribution < -0.4 is 5.32 Å². The van der Waals surface area contributed by atoms with Crippen LogP contribution >= 0.6 is 0 Å². The van der Waals surface area contributed by atoms with Gasteiger partial charge in [0, 0.05) is 36.1 Å². The number of rotatable bonds is 6. The van der Waals surface area contributed by atoms with E-state index in [1.54, 1.807) is 24.3 Å². The molecule has 9 nitrogen and oxygen atoms in total. The highest BCUT2D eigenvalue weighted by Gasteiger charge is 2.32. The maximum atomic E-state index is 12.8. The summed E-state index contributed by atoms with van der Waals surface area (Å²) in [5.41, 5.74) is 4.24. The van der Waals surface area contributed by atoms with Crippen LogP contribution in [0.1, 0.15) is 46.6 Å². The second kappa shape index (κ2) is 8.62. The summed E-state index contributed by atoms with van der Waals surface area (Å²) >= 11 is 0. The molecule has 0 radical (unpaired) electrons. The minimum absolute atomic E-state index is 0.0128. The largest absolute Gasteiger partial charge is 0.333 e. The maximum absolute atomic E-state index is 12.8. The van der Waals surface area contributed by atoms with Crippen molar-refractivity contribution in [1.82, 2.24) is 14.4 Å². The Morgan fingerprint density at radius 1 is 1.09 bits per heavy atom. The number of carbonyl (C=O) groups excluding carboxylic acids is 4. The zero-order chi connectivity index (χ0) is 22.8. The quantitative estimate of drug-likeness (QED) is 0.598. The molecule has 3 amide bonds. The van der Waals surface area contributed by atoms with Gasteiger partial charge in [-0.05, 0) is 50.1 Å². The zero-order valence-corrected chi connectivity index (χ0v) is 17.8. The summed E-state index contributed by atoms with van der Waals surface area (Å²) in [6.45, 7) is 3.83. The highest BCUT2D eigenvalue weighted by Crippen LogP contribution is 2.18. The fourth-order valence-electron chi connectivity index (χ4n) is 3.63. The number of aromatic nitrogens is 2. The van der Waals surface area contributed by atoms with Crippen LogP contribution in [0.4, 0.5) is 5.69 Å². The lowest BCUT2D eigenvalue weighted by molar-refractivity contribution is -0.197. The minimum Gasteiger partial charge on any atom is -0.330 e. The van der Waals surface area contributed by atoms with Gasteiger partial charge in [0.2, 0.25) is 0 Å². The van der Waals surface area contributed by atoms with E-state index in [0.717, 1.165) is 17.0 Å². The number of carbonyl (C=O) groups is 4. The van der Waals surface area contributed by atoms with Gasteiger partial charge in [-0.3, -0.25) is 14.4 Å². The Hall–Kier alpha value is -4.01. The second-order valence-electron chi connectivity index (χ2n) is 7.66. The van der Waals surface area contributed by atoms with Crippen LogP contribution in [0.15, 0.2) is 42.6 Å². The van der Waals surface area contributed by atoms with Crippen LogP contribution in [0.2, 0.25) is 0 Å². The molecule has 1 aromatic carbocycles. The number of anilines is 1. The molecule has 0 atom stereocenters. The van der Waals surface area contributed by atoms with E-state index >= 15 is 0 Å². The third-order valence-electron chi connectivity index (χ3n) is 5.19.